The highest BCUT2D eigenvalue weighted by molar-refractivity contribution is 5.38. The lowest BCUT2D eigenvalue weighted by molar-refractivity contribution is 0.0495. The normalized spacial score (nSPS) is 17.9. The van der Waals surface area contributed by atoms with E-state index < -0.39 is 0 Å². The molecule has 1 aliphatic heterocycles. The molecule has 0 radical (unpaired) electrons. The van der Waals surface area contributed by atoms with Crippen molar-refractivity contribution in [3.05, 3.63) is 53.6 Å². The third kappa shape index (κ3) is 5.63. The van der Waals surface area contributed by atoms with Crippen molar-refractivity contribution in [1.29, 1.82) is 0 Å². The van der Waals surface area contributed by atoms with Crippen LogP contribution in [-0.2, 0) is 13.1 Å². The highest BCUT2D eigenvalue weighted by Gasteiger charge is 2.27. The van der Waals surface area contributed by atoms with E-state index in [0.717, 1.165) is 62.0 Å². The number of nitrogens with zero attached hydrogens (tertiary/aromatic N) is 2. The van der Waals surface area contributed by atoms with Crippen LogP contribution in [0.1, 0.15) is 17.5 Å². The molecule has 3 rings (SSSR count). The van der Waals surface area contributed by atoms with Crippen molar-refractivity contribution < 1.29 is 19.3 Å². The molecule has 1 saturated heterocycles. The standard InChI is InChI=1S/C23H32N2O4/c1-27-21-12-18(13-22(14-21)28-2)15-25-10-9-24(17-20(25)8-11-26)16-19-6-4-5-7-23(19)29-3/h4-7,12-14,20,26H,8-11,15-17H2,1-3H3/t20-/m1/s1. The second-order valence-electron chi connectivity index (χ2n) is 7.40. The monoisotopic (exact) mass is 400 g/mol. The van der Waals surface area contributed by atoms with Crippen LogP contribution in [0.3, 0.4) is 0 Å². The van der Waals surface area contributed by atoms with Gasteiger partial charge >= 0.3 is 0 Å². The third-order valence-corrected chi connectivity index (χ3v) is 5.53. The van der Waals surface area contributed by atoms with Gasteiger partial charge in [-0.3, -0.25) is 9.80 Å². The van der Waals surface area contributed by atoms with Crippen LogP contribution in [-0.4, -0.2) is 68.5 Å². The van der Waals surface area contributed by atoms with Gasteiger partial charge in [-0.1, -0.05) is 18.2 Å². The summed E-state index contributed by atoms with van der Waals surface area (Å²) in [6.45, 7) is 4.68. The van der Waals surface area contributed by atoms with Gasteiger partial charge in [0.15, 0.2) is 0 Å². The number of piperazine rings is 1. The Morgan fingerprint density at radius 3 is 2.31 bits per heavy atom. The summed E-state index contributed by atoms with van der Waals surface area (Å²) in [6, 6.07) is 14.5. The zero-order valence-electron chi connectivity index (χ0n) is 17.6. The van der Waals surface area contributed by atoms with Gasteiger partial charge in [-0.05, 0) is 30.2 Å². The molecule has 0 spiro atoms. The van der Waals surface area contributed by atoms with Crippen LogP contribution < -0.4 is 14.2 Å². The smallest absolute Gasteiger partial charge is 0.123 e. The highest BCUT2D eigenvalue weighted by Crippen LogP contribution is 2.26. The van der Waals surface area contributed by atoms with Crippen molar-refractivity contribution >= 4 is 0 Å². The average Bonchev–Trinajstić information content (AvgIpc) is 2.75. The van der Waals surface area contributed by atoms with Crippen LogP contribution in [0.2, 0.25) is 0 Å². The topological polar surface area (TPSA) is 54.4 Å². The zero-order chi connectivity index (χ0) is 20.6. The van der Waals surface area contributed by atoms with E-state index in [4.69, 9.17) is 14.2 Å². The number of methoxy groups -OCH3 is 3. The second kappa shape index (κ2) is 10.5. The molecule has 29 heavy (non-hydrogen) atoms. The van der Waals surface area contributed by atoms with Gasteiger partial charge in [0.05, 0.1) is 21.3 Å². The van der Waals surface area contributed by atoms with E-state index in [9.17, 15) is 5.11 Å². The average molecular weight is 401 g/mol. The molecule has 2 aromatic rings. The molecular formula is C23H32N2O4. The number of hydrogen-bond acceptors (Lipinski definition) is 6. The van der Waals surface area contributed by atoms with Crippen LogP contribution in [0.25, 0.3) is 0 Å². The number of ether oxygens (including phenoxy) is 3. The van der Waals surface area contributed by atoms with Crippen LogP contribution in [0.15, 0.2) is 42.5 Å². The molecule has 2 aromatic carbocycles. The molecule has 1 N–H and O–H groups in total. The minimum absolute atomic E-state index is 0.186. The third-order valence-electron chi connectivity index (χ3n) is 5.53. The van der Waals surface area contributed by atoms with Crippen molar-refractivity contribution in [2.24, 2.45) is 0 Å². The molecule has 0 aliphatic carbocycles. The maximum atomic E-state index is 9.62. The number of aliphatic hydroxyl groups is 1. The molecule has 0 bridgehead atoms. The van der Waals surface area contributed by atoms with E-state index >= 15 is 0 Å². The summed E-state index contributed by atoms with van der Waals surface area (Å²) in [4.78, 5) is 4.89. The van der Waals surface area contributed by atoms with Crippen molar-refractivity contribution in [3.63, 3.8) is 0 Å². The van der Waals surface area contributed by atoms with Crippen molar-refractivity contribution in [2.45, 2.75) is 25.6 Å². The Morgan fingerprint density at radius 2 is 1.66 bits per heavy atom. The Labute approximate surface area is 173 Å². The predicted octanol–water partition coefficient (Wildman–Crippen LogP) is 2.78. The fraction of sp³-hybridized carbons (Fsp3) is 0.478. The van der Waals surface area contributed by atoms with E-state index in [2.05, 4.69) is 34.1 Å². The molecule has 1 atom stereocenters. The summed E-state index contributed by atoms with van der Waals surface area (Å²) in [5, 5.41) is 9.62. The first-order valence-electron chi connectivity index (χ1n) is 10.1. The Morgan fingerprint density at radius 1 is 0.931 bits per heavy atom. The molecule has 6 nitrogen and oxygen atoms in total. The van der Waals surface area contributed by atoms with Gasteiger partial charge in [0.25, 0.3) is 0 Å². The maximum absolute atomic E-state index is 9.62. The van der Waals surface area contributed by atoms with Crippen molar-refractivity contribution in [3.8, 4) is 17.2 Å². The molecular weight excluding hydrogens is 368 g/mol. The van der Waals surface area contributed by atoms with Gasteiger partial charge in [0, 0.05) is 57.0 Å². The first-order valence-corrected chi connectivity index (χ1v) is 10.1. The number of para-hydroxylation sites is 1. The van der Waals surface area contributed by atoms with Gasteiger partial charge < -0.3 is 19.3 Å². The minimum atomic E-state index is 0.186. The second-order valence-corrected chi connectivity index (χ2v) is 7.40. The Balaban J connectivity index is 1.69. The molecule has 1 heterocycles. The molecule has 0 saturated carbocycles. The first-order chi connectivity index (χ1) is 14.2. The van der Waals surface area contributed by atoms with Crippen LogP contribution >= 0.6 is 0 Å². The van der Waals surface area contributed by atoms with E-state index in [-0.39, 0.29) is 6.61 Å². The molecule has 1 aliphatic rings. The van der Waals surface area contributed by atoms with E-state index in [0.29, 0.717) is 6.04 Å². The quantitative estimate of drug-likeness (QED) is 0.699. The van der Waals surface area contributed by atoms with Gasteiger partial charge in [-0.25, -0.2) is 0 Å². The summed E-state index contributed by atoms with van der Waals surface area (Å²) >= 11 is 0. The molecule has 0 amide bonds. The summed E-state index contributed by atoms with van der Waals surface area (Å²) in [6.07, 6.45) is 0.754. The number of aliphatic hydroxyl groups excluding tert-OH is 1. The summed E-state index contributed by atoms with van der Waals surface area (Å²) in [7, 11) is 5.06. The van der Waals surface area contributed by atoms with E-state index in [1.54, 1.807) is 21.3 Å². The maximum Gasteiger partial charge on any atom is 0.123 e. The lowest BCUT2D eigenvalue weighted by atomic mass is 10.1. The minimum Gasteiger partial charge on any atom is -0.497 e. The largest absolute Gasteiger partial charge is 0.497 e. The van der Waals surface area contributed by atoms with E-state index in [1.165, 1.54) is 5.56 Å². The van der Waals surface area contributed by atoms with Crippen molar-refractivity contribution in [2.75, 3.05) is 47.6 Å². The fourth-order valence-corrected chi connectivity index (χ4v) is 4.00. The van der Waals surface area contributed by atoms with Crippen molar-refractivity contribution in [1.82, 2.24) is 9.80 Å². The molecule has 0 aromatic heterocycles. The van der Waals surface area contributed by atoms with Crippen LogP contribution in [0, 0.1) is 0 Å². The molecule has 158 valence electrons. The Hall–Kier alpha value is -2.28. The van der Waals surface area contributed by atoms with Gasteiger partial charge in [0.1, 0.15) is 17.2 Å². The predicted molar refractivity (Wildman–Crippen MR) is 114 cm³/mol. The summed E-state index contributed by atoms with van der Waals surface area (Å²) in [5.74, 6) is 2.53. The van der Waals surface area contributed by atoms with Gasteiger partial charge in [0.2, 0.25) is 0 Å². The Bertz CT molecular complexity index is 761. The number of rotatable bonds is 9. The van der Waals surface area contributed by atoms with Crippen LogP contribution in [0.4, 0.5) is 0 Å². The summed E-state index contributed by atoms with van der Waals surface area (Å²) in [5.41, 5.74) is 2.35. The van der Waals surface area contributed by atoms with E-state index in [1.807, 2.05) is 18.2 Å². The number of benzene rings is 2. The fourth-order valence-electron chi connectivity index (χ4n) is 4.00. The lowest BCUT2D eigenvalue weighted by Gasteiger charge is -2.41. The SMILES string of the molecule is COc1cc(CN2CCN(Cc3ccccc3OC)C[C@H]2CCO)cc(OC)c1. The molecule has 6 heteroatoms. The van der Waals surface area contributed by atoms with Gasteiger partial charge in [-0.15, -0.1) is 0 Å². The lowest BCUT2D eigenvalue weighted by Crippen LogP contribution is -2.52. The highest BCUT2D eigenvalue weighted by atomic mass is 16.5. The molecule has 0 unspecified atom stereocenters. The zero-order valence-corrected chi connectivity index (χ0v) is 17.6. The molecule has 1 fully saturated rings. The Kier molecular flexibility index (Phi) is 7.75. The first kappa shape index (κ1) is 21.4. The number of hydrogen-bond donors (Lipinski definition) is 1. The van der Waals surface area contributed by atoms with Gasteiger partial charge in [-0.2, -0.15) is 0 Å². The summed E-state index contributed by atoms with van der Waals surface area (Å²) < 4.78 is 16.3. The van der Waals surface area contributed by atoms with Crippen LogP contribution in [0.5, 0.6) is 17.2 Å².